The third-order valence-corrected chi connectivity index (χ3v) is 1.83. The van der Waals surface area contributed by atoms with Gasteiger partial charge in [-0.2, -0.15) is 0 Å². The lowest BCUT2D eigenvalue weighted by Gasteiger charge is -2.05. The third kappa shape index (κ3) is 5.57. The molecule has 0 saturated heterocycles. The second kappa shape index (κ2) is 7.45. The zero-order valence-electron chi connectivity index (χ0n) is 8.61. The predicted molar refractivity (Wildman–Crippen MR) is 57.4 cm³/mol. The molecule has 15 heavy (non-hydrogen) atoms. The zero-order valence-corrected chi connectivity index (χ0v) is 9.37. The van der Waals surface area contributed by atoms with Crippen LogP contribution in [0, 0.1) is 0 Å². The van der Waals surface area contributed by atoms with Crippen LogP contribution in [0.15, 0.2) is 18.3 Å². The van der Waals surface area contributed by atoms with Gasteiger partial charge in [0.05, 0.1) is 24.8 Å². The minimum absolute atomic E-state index is 0.471. The minimum atomic E-state index is 0.471. The summed E-state index contributed by atoms with van der Waals surface area (Å²) in [4.78, 5) is 3.98. The number of methoxy groups -OCH3 is 1. The fourth-order valence-electron chi connectivity index (χ4n) is 0.897. The Morgan fingerprint density at radius 2 is 2.00 bits per heavy atom. The Morgan fingerprint density at radius 1 is 1.20 bits per heavy atom. The average molecular weight is 232 g/mol. The Kier molecular flexibility index (Phi) is 6.08. The third-order valence-electron chi connectivity index (χ3n) is 1.61. The number of aromatic nitrogens is 1. The van der Waals surface area contributed by atoms with Crippen molar-refractivity contribution in [2.75, 3.05) is 33.5 Å². The van der Waals surface area contributed by atoms with Crippen molar-refractivity contribution in [1.82, 2.24) is 4.98 Å². The molecule has 0 radical (unpaired) electrons. The van der Waals surface area contributed by atoms with Gasteiger partial charge in [-0.05, 0) is 6.07 Å². The van der Waals surface area contributed by atoms with Crippen LogP contribution in [0.3, 0.4) is 0 Å². The van der Waals surface area contributed by atoms with Crippen molar-refractivity contribution in [3.05, 3.63) is 23.4 Å². The van der Waals surface area contributed by atoms with Crippen molar-refractivity contribution in [1.29, 1.82) is 0 Å². The molecule has 0 unspecified atom stereocenters. The highest BCUT2D eigenvalue weighted by Gasteiger charge is 1.95. The van der Waals surface area contributed by atoms with Gasteiger partial charge in [-0.1, -0.05) is 11.6 Å². The normalized spacial score (nSPS) is 10.3. The Labute approximate surface area is 94.1 Å². The standard InChI is InChI=1S/C10H14ClNO3/c1-13-4-5-14-6-7-15-10-3-2-9(11)8-12-10/h2-3,8H,4-7H2,1H3. The van der Waals surface area contributed by atoms with Gasteiger partial charge in [0.2, 0.25) is 5.88 Å². The van der Waals surface area contributed by atoms with Gasteiger partial charge >= 0.3 is 0 Å². The average Bonchev–Trinajstić information content (AvgIpc) is 2.26. The van der Waals surface area contributed by atoms with Crippen LogP contribution in [0.4, 0.5) is 0 Å². The number of rotatable bonds is 7. The maximum atomic E-state index is 5.67. The second-order valence-electron chi connectivity index (χ2n) is 2.77. The van der Waals surface area contributed by atoms with E-state index in [4.69, 9.17) is 25.8 Å². The molecule has 0 aromatic carbocycles. The van der Waals surface area contributed by atoms with E-state index in [0.29, 0.717) is 37.3 Å². The summed E-state index contributed by atoms with van der Waals surface area (Å²) in [5, 5.41) is 0.596. The number of halogens is 1. The van der Waals surface area contributed by atoms with Crippen molar-refractivity contribution in [2.24, 2.45) is 0 Å². The van der Waals surface area contributed by atoms with Gasteiger partial charge in [0, 0.05) is 19.4 Å². The van der Waals surface area contributed by atoms with Crippen LogP contribution in [-0.4, -0.2) is 38.5 Å². The van der Waals surface area contributed by atoms with E-state index in [1.54, 1.807) is 25.4 Å². The monoisotopic (exact) mass is 231 g/mol. The van der Waals surface area contributed by atoms with E-state index < -0.39 is 0 Å². The molecule has 0 aliphatic rings. The summed E-state index contributed by atoms with van der Waals surface area (Å²) < 4.78 is 15.3. The van der Waals surface area contributed by atoms with Gasteiger partial charge in [0.1, 0.15) is 6.61 Å². The molecule has 84 valence electrons. The van der Waals surface area contributed by atoms with E-state index >= 15 is 0 Å². The predicted octanol–water partition coefficient (Wildman–Crippen LogP) is 1.78. The first-order chi connectivity index (χ1) is 7.33. The maximum absolute atomic E-state index is 5.67. The van der Waals surface area contributed by atoms with Gasteiger partial charge in [0.25, 0.3) is 0 Å². The molecule has 0 fully saturated rings. The molecule has 0 aliphatic heterocycles. The molecule has 0 saturated carbocycles. The van der Waals surface area contributed by atoms with Crippen LogP contribution in [0.5, 0.6) is 5.88 Å². The molecule has 4 nitrogen and oxygen atoms in total. The minimum Gasteiger partial charge on any atom is -0.475 e. The van der Waals surface area contributed by atoms with Crippen LogP contribution in [0.1, 0.15) is 0 Å². The first kappa shape index (κ1) is 12.2. The molecule has 0 spiro atoms. The number of ether oxygens (including phenoxy) is 3. The van der Waals surface area contributed by atoms with E-state index in [1.807, 2.05) is 0 Å². The number of nitrogens with zero attached hydrogens (tertiary/aromatic N) is 1. The molecule has 0 aliphatic carbocycles. The van der Waals surface area contributed by atoms with Crippen molar-refractivity contribution in [3.8, 4) is 5.88 Å². The van der Waals surface area contributed by atoms with Crippen LogP contribution < -0.4 is 4.74 Å². The molecule has 0 amide bonds. The summed E-state index contributed by atoms with van der Waals surface area (Å²) >= 11 is 5.67. The molecule has 1 heterocycles. The van der Waals surface area contributed by atoms with E-state index in [-0.39, 0.29) is 0 Å². The highest BCUT2D eigenvalue weighted by atomic mass is 35.5. The molecular formula is C10H14ClNO3. The van der Waals surface area contributed by atoms with Crippen molar-refractivity contribution >= 4 is 11.6 Å². The topological polar surface area (TPSA) is 40.6 Å². The van der Waals surface area contributed by atoms with Gasteiger partial charge in [-0.15, -0.1) is 0 Å². The number of hydrogen-bond donors (Lipinski definition) is 0. The van der Waals surface area contributed by atoms with E-state index in [9.17, 15) is 0 Å². The van der Waals surface area contributed by atoms with Crippen molar-refractivity contribution in [3.63, 3.8) is 0 Å². The molecule has 0 bridgehead atoms. The van der Waals surface area contributed by atoms with Crippen LogP contribution in [0.25, 0.3) is 0 Å². The van der Waals surface area contributed by atoms with Crippen LogP contribution >= 0.6 is 11.6 Å². The maximum Gasteiger partial charge on any atom is 0.213 e. The summed E-state index contributed by atoms with van der Waals surface area (Å²) in [6.45, 7) is 2.17. The molecular weight excluding hydrogens is 218 g/mol. The Morgan fingerprint density at radius 3 is 2.67 bits per heavy atom. The largest absolute Gasteiger partial charge is 0.475 e. The van der Waals surface area contributed by atoms with Crippen molar-refractivity contribution < 1.29 is 14.2 Å². The van der Waals surface area contributed by atoms with Crippen LogP contribution in [0.2, 0.25) is 5.02 Å². The van der Waals surface area contributed by atoms with Crippen LogP contribution in [-0.2, 0) is 9.47 Å². The van der Waals surface area contributed by atoms with Gasteiger partial charge < -0.3 is 14.2 Å². The fraction of sp³-hybridized carbons (Fsp3) is 0.500. The summed E-state index contributed by atoms with van der Waals surface area (Å²) in [6.07, 6.45) is 1.54. The summed E-state index contributed by atoms with van der Waals surface area (Å²) in [6, 6.07) is 3.45. The van der Waals surface area contributed by atoms with E-state index in [0.717, 1.165) is 0 Å². The SMILES string of the molecule is COCCOCCOc1ccc(Cl)cn1. The van der Waals surface area contributed by atoms with E-state index in [2.05, 4.69) is 4.98 Å². The molecule has 1 aromatic heterocycles. The molecule has 0 atom stereocenters. The summed E-state index contributed by atoms with van der Waals surface area (Å²) in [7, 11) is 1.64. The zero-order chi connectivity index (χ0) is 10.9. The quantitative estimate of drug-likeness (QED) is 0.671. The Balaban J connectivity index is 2.07. The highest BCUT2D eigenvalue weighted by Crippen LogP contribution is 2.10. The second-order valence-corrected chi connectivity index (χ2v) is 3.20. The van der Waals surface area contributed by atoms with Gasteiger partial charge in [-0.25, -0.2) is 4.98 Å². The van der Waals surface area contributed by atoms with E-state index in [1.165, 1.54) is 0 Å². The Hall–Kier alpha value is -0.840. The number of pyridine rings is 1. The molecule has 5 heteroatoms. The lowest BCUT2D eigenvalue weighted by atomic mass is 10.5. The van der Waals surface area contributed by atoms with Crippen molar-refractivity contribution in [2.45, 2.75) is 0 Å². The highest BCUT2D eigenvalue weighted by molar-refractivity contribution is 6.30. The van der Waals surface area contributed by atoms with Gasteiger partial charge in [-0.3, -0.25) is 0 Å². The lowest BCUT2D eigenvalue weighted by Crippen LogP contribution is -2.10. The molecule has 0 N–H and O–H groups in total. The summed E-state index contributed by atoms with van der Waals surface area (Å²) in [5.74, 6) is 0.551. The Bertz CT molecular complexity index is 266. The molecule has 1 rings (SSSR count). The summed E-state index contributed by atoms with van der Waals surface area (Å²) in [5.41, 5.74) is 0. The number of hydrogen-bond acceptors (Lipinski definition) is 4. The first-order valence-electron chi connectivity index (χ1n) is 4.64. The smallest absolute Gasteiger partial charge is 0.213 e. The lowest BCUT2D eigenvalue weighted by molar-refractivity contribution is 0.0537. The fourth-order valence-corrected chi connectivity index (χ4v) is 1.01. The first-order valence-corrected chi connectivity index (χ1v) is 5.02. The van der Waals surface area contributed by atoms with Gasteiger partial charge in [0.15, 0.2) is 0 Å². The molecule has 1 aromatic rings.